The fourth-order valence-corrected chi connectivity index (χ4v) is 2.96. The number of aliphatic hydroxyl groups is 1. The molecular formula is C20H18AcF4N2O2. The molecule has 4 nitrogen and oxygen atoms in total. The Balaban J connectivity index is 0.00000225. The predicted octanol–water partition coefficient (Wildman–Crippen LogP) is 4.21. The van der Waals surface area contributed by atoms with E-state index in [1.54, 1.807) is 0 Å². The van der Waals surface area contributed by atoms with Crippen molar-refractivity contribution in [3.8, 4) is 0 Å². The first kappa shape index (κ1) is 23.6. The minimum absolute atomic E-state index is 0. The second-order valence-electron chi connectivity index (χ2n) is 6.14. The largest absolute Gasteiger partial charge is 0.398 e. The zero-order valence-electron chi connectivity index (χ0n) is 15.1. The maximum Gasteiger partial charge on any atom is 0.350 e. The molecule has 0 saturated heterocycles. The molecule has 0 heterocycles. The SMILES string of the molecule is Nc1ccc(NC(=O)C(F)(F)c2ccc(F)c3ccccc23)c(F)c1CCO.[Ac].[HH]. The maximum atomic E-state index is 14.8. The molecule has 0 atom stereocenters. The molecule has 0 aliphatic heterocycles. The minimum Gasteiger partial charge on any atom is -0.398 e. The van der Waals surface area contributed by atoms with Crippen molar-refractivity contribution in [2.75, 3.05) is 17.7 Å². The molecule has 1 radical (unpaired) electrons. The molecule has 3 aromatic rings. The van der Waals surface area contributed by atoms with Gasteiger partial charge in [-0.05, 0) is 29.7 Å². The van der Waals surface area contributed by atoms with E-state index in [1.165, 1.54) is 30.3 Å². The van der Waals surface area contributed by atoms with E-state index in [9.17, 15) is 22.4 Å². The normalized spacial score (nSPS) is 11.2. The molecule has 0 aliphatic carbocycles. The van der Waals surface area contributed by atoms with Crippen LogP contribution in [0.15, 0.2) is 48.5 Å². The molecule has 0 unspecified atom stereocenters. The Labute approximate surface area is 201 Å². The summed E-state index contributed by atoms with van der Waals surface area (Å²) in [5, 5.41) is 10.7. The van der Waals surface area contributed by atoms with Gasteiger partial charge in [0.15, 0.2) is 5.82 Å². The van der Waals surface area contributed by atoms with Crippen molar-refractivity contribution in [3.63, 3.8) is 0 Å². The molecule has 0 aliphatic rings. The number of alkyl halides is 2. The Kier molecular flexibility index (Phi) is 7.66. The Bertz CT molecular complexity index is 1070. The van der Waals surface area contributed by atoms with Gasteiger partial charge in [0.1, 0.15) is 5.82 Å². The number of hydrogen-bond donors (Lipinski definition) is 3. The zero-order valence-corrected chi connectivity index (χ0v) is 19.8. The van der Waals surface area contributed by atoms with Gasteiger partial charge in [-0.2, -0.15) is 8.78 Å². The third-order valence-electron chi connectivity index (χ3n) is 4.38. The van der Waals surface area contributed by atoms with E-state index in [0.29, 0.717) is 0 Å². The number of carbonyl (C=O) groups excluding carboxylic acids is 1. The van der Waals surface area contributed by atoms with Crippen molar-refractivity contribution in [3.05, 3.63) is 71.3 Å². The van der Waals surface area contributed by atoms with E-state index in [0.717, 1.165) is 18.2 Å². The van der Waals surface area contributed by atoms with Crippen molar-refractivity contribution in [1.82, 2.24) is 0 Å². The quantitative estimate of drug-likeness (QED) is 0.296. The summed E-state index contributed by atoms with van der Waals surface area (Å²) >= 11 is 0. The fourth-order valence-electron chi connectivity index (χ4n) is 2.96. The second kappa shape index (κ2) is 9.42. The van der Waals surface area contributed by atoms with Crippen LogP contribution in [-0.2, 0) is 17.1 Å². The molecule has 0 spiro atoms. The maximum absolute atomic E-state index is 14.8. The van der Waals surface area contributed by atoms with Gasteiger partial charge in [-0.15, -0.1) is 0 Å². The summed E-state index contributed by atoms with van der Waals surface area (Å²) < 4.78 is 58.0. The number of nitrogen functional groups attached to an aromatic ring is 1. The van der Waals surface area contributed by atoms with Crippen molar-refractivity contribution in [2.24, 2.45) is 0 Å². The van der Waals surface area contributed by atoms with Gasteiger partial charge in [0.25, 0.3) is 5.91 Å². The van der Waals surface area contributed by atoms with Crippen LogP contribution in [0, 0.1) is 55.7 Å². The molecule has 0 saturated carbocycles. The van der Waals surface area contributed by atoms with Crippen LogP contribution < -0.4 is 11.1 Å². The van der Waals surface area contributed by atoms with E-state index in [-0.39, 0.29) is 73.9 Å². The monoisotopic (exact) mass is 621 g/mol. The number of anilines is 2. The van der Waals surface area contributed by atoms with E-state index < -0.39 is 41.3 Å². The van der Waals surface area contributed by atoms with Gasteiger partial charge in [0.2, 0.25) is 0 Å². The van der Waals surface area contributed by atoms with Crippen LogP contribution in [0.3, 0.4) is 0 Å². The minimum atomic E-state index is -4.06. The number of halogens is 4. The molecule has 3 aromatic carbocycles. The van der Waals surface area contributed by atoms with E-state index in [2.05, 4.69) is 0 Å². The Hall–Kier alpha value is -1.69. The first-order valence-corrected chi connectivity index (χ1v) is 8.32. The number of carbonyl (C=O) groups is 1. The number of hydrogen-bond acceptors (Lipinski definition) is 3. The molecule has 151 valence electrons. The average Bonchev–Trinajstić information content (AvgIpc) is 2.67. The molecule has 3 rings (SSSR count). The van der Waals surface area contributed by atoms with Crippen molar-refractivity contribution < 1.29 is 73.0 Å². The number of benzene rings is 3. The Morgan fingerprint density at radius 3 is 2.38 bits per heavy atom. The van der Waals surface area contributed by atoms with Gasteiger partial charge < -0.3 is 16.2 Å². The molecule has 9 heteroatoms. The molecule has 29 heavy (non-hydrogen) atoms. The third kappa shape index (κ3) is 4.57. The number of amides is 1. The molecule has 4 N–H and O–H groups in total. The standard InChI is InChI=1S/C20H16F4N2O2.Ac.H2/c21-15-6-5-14(11-3-1-2-4-12(11)15)20(23,24)19(28)26-17-8-7-16(25)13(9-10-27)18(17)22;;/h1-8,27H,9-10,25H2,(H,26,28);;1H. The zero-order chi connectivity index (χ0) is 20.5. The summed E-state index contributed by atoms with van der Waals surface area (Å²) in [6.45, 7) is -0.406. The van der Waals surface area contributed by atoms with Crippen molar-refractivity contribution >= 4 is 28.1 Å². The van der Waals surface area contributed by atoms with Gasteiger partial charge in [-0.3, -0.25) is 4.79 Å². The van der Waals surface area contributed by atoms with Gasteiger partial charge in [-0.25, -0.2) is 8.78 Å². The summed E-state index contributed by atoms with van der Waals surface area (Å²) in [5.74, 6) is -7.53. The summed E-state index contributed by atoms with van der Waals surface area (Å²) in [4.78, 5) is 12.3. The molecule has 0 bridgehead atoms. The van der Waals surface area contributed by atoms with Crippen LogP contribution in [0.4, 0.5) is 28.9 Å². The Morgan fingerprint density at radius 2 is 1.72 bits per heavy atom. The summed E-state index contributed by atoms with van der Waals surface area (Å²) in [7, 11) is 0. The number of nitrogens with two attached hydrogens (primary N) is 1. The van der Waals surface area contributed by atoms with Gasteiger partial charge in [-0.1, -0.05) is 24.3 Å². The smallest absolute Gasteiger partial charge is 0.350 e. The number of aliphatic hydroxyl groups excluding tert-OH is 1. The van der Waals surface area contributed by atoms with Crippen LogP contribution in [0.5, 0.6) is 0 Å². The third-order valence-corrected chi connectivity index (χ3v) is 4.38. The van der Waals surface area contributed by atoms with Crippen molar-refractivity contribution in [2.45, 2.75) is 12.3 Å². The Morgan fingerprint density at radius 1 is 1.07 bits per heavy atom. The number of rotatable bonds is 5. The van der Waals surface area contributed by atoms with E-state index in [1.807, 2.05) is 5.32 Å². The van der Waals surface area contributed by atoms with Crippen LogP contribution in [0.25, 0.3) is 10.8 Å². The van der Waals surface area contributed by atoms with E-state index >= 15 is 0 Å². The van der Waals surface area contributed by atoms with Gasteiger partial charge >= 0.3 is 5.92 Å². The predicted molar refractivity (Wildman–Crippen MR) is 100 cm³/mol. The summed E-state index contributed by atoms with van der Waals surface area (Å²) in [5.41, 5.74) is 4.36. The average molecular weight is 621 g/mol. The summed E-state index contributed by atoms with van der Waals surface area (Å²) in [6, 6.07) is 9.51. The first-order chi connectivity index (χ1) is 13.3. The number of nitrogens with one attached hydrogen (secondary N) is 1. The fraction of sp³-hybridized carbons (Fsp3) is 0.150. The van der Waals surface area contributed by atoms with Gasteiger partial charge in [0, 0.05) is 80.7 Å². The van der Waals surface area contributed by atoms with Crippen LogP contribution >= 0.6 is 0 Å². The molecular weight excluding hydrogens is 603 g/mol. The van der Waals surface area contributed by atoms with Crippen LogP contribution in [0.1, 0.15) is 12.6 Å². The van der Waals surface area contributed by atoms with Crippen molar-refractivity contribution in [1.29, 1.82) is 0 Å². The molecule has 0 aromatic heterocycles. The molecule has 0 fully saturated rings. The first-order valence-electron chi connectivity index (χ1n) is 8.32. The summed E-state index contributed by atoms with van der Waals surface area (Å²) in [6.07, 6.45) is -0.139. The second-order valence-corrected chi connectivity index (χ2v) is 6.14. The van der Waals surface area contributed by atoms with E-state index in [4.69, 9.17) is 10.8 Å². The van der Waals surface area contributed by atoms with Crippen LogP contribution in [-0.4, -0.2) is 17.6 Å². The number of fused-ring (bicyclic) bond motifs is 1. The topological polar surface area (TPSA) is 75.3 Å². The van der Waals surface area contributed by atoms with Gasteiger partial charge in [0.05, 0.1) is 5.69 Å². The van der Waals surface area contributed by atoms with Crippen LogP contribution in [0.2, 0.25) is 0 Å². The molecule has 1 amide bonds.